The van der Waals surface area contributed by atoms with Crippen LogP contribution in [-0.4, -0.2) is 20.0 Å². The zero-order valence-electron chi connectivity index (χ0n) is 13.9. The summed E-state index contributed by atoms with van der Waals surface area (Å²) < 4.78 is 4.09. The Morgan fingerprint density at radius 3 is 2.88 bits per heavy atom. The first kappa shape index (κ1) is 16.5. The molecule has 0 unspecified atom stereocenters. The summed E-state index contributed by atoms with van der Waals surface area (Å²) in [5, 5.41) is 4.31. The van der Waals surface area contributed by atoms with E-state index < -0.39 is 0 Å². The molecular formula is C19H15BrN4O2. The standard InChI is InChI=1S/C19H15BrN4O2/c1-23-8-7-13-16(3-2-4-17(13)23)22-18(25)10-24-11-21-15-6-5-12(20)9-14(15)19(24)26/h2-9,11H,10H2,1H3,(H,22,25). The van der Waals surface area contributed by atoms with E-state index in [2.05, 4.69) is 26.2 Å². The zero-order chi connectivity index (χ0) is 18.3. The van der Waals surface area contributed by atoms with Crippen molar-refractivity contribution in [1.82, 2.24) is 14.1 Å². The Kier molecular flexibility index (Phi) is 4.08. The summed E-state index contributed by atoms with van der Waals surface area (Å²) in [5.41, 5.74) is 2.10. The molecule has 0 radical (unpaired) electrons. The SMILES string of the molecule is Cn1ccc2c(NC(=O)Cn3cnc4ccc(Br)cc4c3=O)cccc21. The largest absolute Gasteiger partial charge is 0.350 e. The topological polar surface area (TPSA) is 68.9 Å². The van der Waals surface area contributed by atoms with Crippen molar-refractivity contribution in [2.24, 2.45) is 7.05 Å². The van der Waals surface area contributed by atoms with E-state index in [1.807, 2.05) is 48.1 Å². The van der Waals surface area contributed by atoms with Crippen LogP contribution in [0.15, 0.2) is 64.3 Å². The van der Waals surface area contributed by atoms with E-state index in [0.717, 1.165) is 21.1 Å². The molecule has 130 valence electrons. The molecule has 0 aliphatic rings. The highest BCUT2D eigenvalue weighted by Gasteiger charge is 2.11. The van der Waals surface area contributed by atoms with Gasteiger partial charge in [-0.2, -0.15) is 0 Å². The summed E-state index contributed by atoms with van der Waals surface area (Å²) in [4.78, 5) is 29.3. The third-order valence-electron chi connectivity index (χ3n) is 4.30. The first-order valence-corrected chi connectivity index (χ1v) is 8.81. The molecule has 0 saturated heterocycles. The summed E-state index contributed by atoms with van der Waals surface area (Å²) in [6, 6.07) is 13.0. The van der Waals surface area contributed by atoms with Crippen LogP contribution in [0.1, 0.15) is 0 Å². The molecule has 0 saturated carbocycles. The molecular weight excluding hydrogens is 396 g/mol. The second-order valence-corrected chi connectivity index (χ2v) is 6.97. The van der Waals surface area contributed by atoms with Crippen LogP contribution in [0.25, 0.3) is 21.8 Å². The van der Waals surface area contributed by atoms with Gasteiger partial charge in [-0.3, -0.25) is 14.2 Å². The van der Waals surface area contributed by atoms with E-state index in [1.165, 1.54) is 10.9 Å². The minimum atomic E-state index is -0.278. The molecule has 0 aliphatic heterocycles. The van der Waals surface area contributed by atoms with Gasteiger partial charge in [0.05, 0.1) is 22.9 Å². The summed E-state index contributed by atoms with van der Waals surface area (Å²) in [6.45, 7) is -0.0997. The number of carbonyl (C=O) groups is 1. The van der Waals surface area contributed by atoms with Gasteiger partial charge in [0.25, 0.3) is 5.56 Å². The number of nitrogens with zero attached hydrogens (tertiary/aromatic N) is 3. The predicted octanol–water partition coefficient (Wildman–Crippen LogP) is 3.29. The number of nitrogens with one attached hydrogen (secondary N) is 1. The summed E-state index contributed by atoms with van der Waals surface area (Å²) in [6.07, 6.45) is 3.34. The van der Waals surface area contributed by atoms with Crippen LogP contribution < -0.4 is 10.9 Å². The van der Waals surface area contributed by atoms with Crippen molar-refractivity contribution in [3.63, 3.8) is 0 Å². The van der Waals surface area contributed by atoms with Gasteiger partial charge in [-0.1, -0.05) is 22.0 Å². The van der Waals surface area contributed by atoms with E-state index >= 15 is 0 Å². The van der Waals surface area contributed by atoms with E-state index in [4.69, 9.17) is 0 Å². The highest BCUT2D eigenvalue weighted by molar-refractivity contribution is 9.10. The minimum absolute atomic E-state index is 0.0997. The van der Waals surface area contributed by atoms with Gasteiger partial charge in [-0.25, -0.2) is 4.98 Å². The average molecular weight is 411 g/mol. The minimum Gasteiger partial charge on any atom is -0.350 e. The van der Waals surface area contributed by atoms with Gasteiger partial charge in [0.15, 0.2) is 0 Å². The molecule has 0 aliphatic carbocycles. The second-order valence-electron chi connectivity index (χ2n) is 6.05. The third kappa shape index (κ3) is 2.90. The lowest BCUT2D eigenvalue weighted by Crippen LogP contribution is -2.28. The molecule has 2 aromatic heterocycles. The molecule has 4 aromatic rings. The van der Waals surface area contributed by atoms with Gasteiger partial charge in [0.2, 0.25) is 5.91 Å². The van der Waals surface area contributed by atoms with Crippen LogP contribution in [-0.2, 0) is 18.4 Å². The highest BCUT2D eigenvalue weighted by Crippen LogP contribution is 2.23. The number of carbonyl (C=O) groups excluding carboxylic acids is 1. The lowest BCUT2D eigenvalue weighted by Gasteiger charge is -2.09. The smallest absolute Gasteiger partial charge is 0.261 e. The molecule has 0 spiro atoms. The monoisotopic (exact) mass is 410 g/mol. The molecule has 7 heteroatoms. The number of fused-ring (bicyclic) bond motifs is 2. The van der Waals surface area contributed by atoms with Crippen LogP contribution in [0.3, 0.4) is 0 Å². The van der Waals surface area contributed by atoms with Gasteiger partial charge in [-0.05, 0) is 36.4 Å². The summed E-state index contributed by atoms with van der Waals surface area (Å²) in [7, 11) is 1.95. The number of rotatable bonds is 3. The van der Waals surface area contributed by atoms with Crippen LogP contribution in [0.5, 0.6) is 0 Å². The number of hydrogen-bond acceptors (Lipinski definition) is 3. The zero-order valence-corrected chi connectivity index (χ0v) is 15.5. The molecule has 0 atom stereocenters. The first-order chi connectivity index (χ1) is 12.5. The van der Waals surface area contributed by atoms with Crippen molar-refractivity contribution in [2.45, 2.75) is 6.54 Å². The van der Waals surface area contributed by atoms with Gasteiger partial charge in [-0.15, -0.1) is 0 Å². The molecule has 1 amide bonds. The van der Waals surface area contributed by atoms with Crippen LogP contribution >= 0.6 is 15.9 Å². The number of aryl methyl sites for hydroxylation is 1. The van der Waals surface area contributed by atoms with E-state index in [1.54, 1.807) is 12.1 Å². The summed E-state index contributed by atoms with van der Waals surface area (Å²) >= 11 is 3.35. The average Bonchev–Trinajstić information content (AvgIpc) is 3.00. The molecule has 26 heavy (non-hydrogen) atoms. The molecule has 4 rings (SSSR count). The predicted molar refractivity (Wildman–Crippen MR) is 105 cm³/mol. The fraction of sp³-hybridized carbons (Fsp3) is 0.105. The Balaban J connectivity index is 1.63. The fourth-order valence-electron chi connectivity index (χ4n) is 3.00. The highest BCUT2D eigenvalue weighted by atomic mass is 79.9. The van der Waals surface area contributed by atoms with Crippen molar-refractivity contribution in [3.8, 4) is 0 Å². The lowest BCUT2D eigenvalue weighted by atomic mass is 10.2. The van der Waals surface area contributed by atoms with Crippen molar-refractivity contribution in [2.75, 3.05) is 5.32 Å². The second kappa shape index (κ2) is 6.42. The number of benzene rings is 2. The Bertz CT molecular complexity index is 1210. The van der Waals surface area contributed by atoms with E-state index in [-0.39, 0.29) is 18.0 Å². The van der Waals surface area contributed by atoms with Crippen LogP contribution in [0.4, 0.5) is 5.69 Å². The number of hydrogen-bond donors (Lipinski definition) is 1. The maximum absolute atomic E-state index is 12.6. The Hall–Kier alpha value is -2.93. The van der Waals surface area contributed by atoms with Gasteiger partial charge >= 0.3 is 0 Å². The summed E-state index contributed by atoms with van der Waals surface area (Å²) in [5.74, 6) is -0.278. The van der Waals surface area contributed by atoms with Gasteiger partial charge < -0.3 is 9.88 Å². The Morgan fingerprint density at radius 2 is 2.04 bits per heavy atom. The quantitative estimate of drug-likeness (QED) is 0.563. The van der Waals surface area contributed by atoms with Crippen LogP contribution in [0, 0.1) is 0 Å². The van der Waals surface area contributed by atoms with Crippen molar-refractivity contribution >= 4 is 49.3 Å². The molecule has 2 heterocycles. The number of amides is 1. The normalized spacial score (nSPS) is 11.2. The molecule has 6 nitrogen and oxygen atoms in total. The lowest BCUT2D eigenvalue weighted by molar-refractivity contribution is -0.116. The fourth-order valence-corrected chi connectivity index (χ4v) is 3.36. The van der Waals surface area contributed by atoms with E-state index in [0.29, 0.717) is 10.9 Å². The number of anilines is 1. The molecule has 0 fully saturated rings. The van der Waals surface area contributed by atoms with Crippen molar-refractivity contribution < 1.29 is 4.79 Å². The molecule has 0 bridgehead atoms. The van der Waals surface area contributed by atoms with Crippen molar-refractivity contribution in [1.29, 1.82) is 0 Å². The maximum Gasteiger partial charge on any atom is 0.261 e. The molecule has 1 N–H and O–H groups in total. The van der Waals surface area contributed by atoms with E-state index in [9.17, 15) is 9.59 Å². The van der Waals surface area contributed by atoms with Gasteiger partial charge in [0.1, 0.15) is 6.54 Å². The number of aromatic nitrogens is 3. The Morgan fingerprint density at radius 1 is 1.19 bits per heavy atom. The van der Waals surface area contributed by atoms with Crippen LogP contribution in [0.2, 0.25) is 0 Å². The maximum atomic E-state index is 12.6. The molecule has 2 aromatic carbocycles. The third-order valence-corrected chi connectivity index (χ3v) is 4.80. The number of halogens is 1. The Labute approximate surface area is 157 Å². The van der Waals surface area contributed by atoms with Crippen molar-refractivity contribution in [3.05, 3.63) is 69.8 Å². The van der Waals surface area contributed by atoms with Gasteiger partial charge in [0, 0.05) is 28.6 Å². The first-order valence-electron chi connectivity index (χ1n) is 8.01.